The topological polar surface area (TPSA) is 96.5 Å². The number of aromatic hydroxyl groups is 1. The Kier molecular flexibility index (Phi) is 6.04. The number of aromatic nitrogens is 2. The van der Waals surface area contributed by atoms with Gasteiger partial charge < -0.3 is 9.52 Å². The largest absolute Gasteiger partial charge is 0.508 e. The number of phenols is 1. The molecule has 3 heterocycles. The van der Waals surface area contributed by atoms with Crippen molar-refractivity contribution in [1.29, 1.82) is 0 Å². The van der Waals surface area contributed by atoms with Gasteiger partial charge in [0.2, 0.25) is 10.9 Å². The Morgan fingerprint density at radius 2 is 1.68 bits per heavy atom. The lowest BCUT2D eigenvalue weighted by Crippen LogP contribution is -2.29. The van der Waals surface area contributed by atoms with Gasteiger partial charge in [0.15, 0.2) is 9.77 Å². The Hall–Kier alpha value is -3.95. The highest BCUT2D eigenvalue weighted by molar-refractivity contribution is 8.00. The Morgan fingerprint density at radius 1 is 0.974 bits per heavy atom. The van der Waals surface area contributed by atoms with Crippen LogP contribution in [0.2, 0.25) is 0 Å². The van der Waals surface area contributed by atoms with Crippen molar-refractivity contribution in [2.45, 2.75) is 36.9 Å². The lowest BCUT2D eigenvalue weighted by atomic mass is 9.97. The molecule has 2 aromatic heterocycles. The van der Waals surface area contributed by atoms with E-state index in [0.717, 1.165) is 16.7 Å². The van der Waals surface area contributed by atoms with Gasteiger partial charge in [-0.3, -0.25) is 14.5 Å². The fourth-order valence-corrected chi connectivity index (χ4v) is 6.41. The van der Waals surface area contributed by atoms with Crippen molar-refractivity contribution in [3.8, 4) is 5.75 Å². The normalized spacial score (nSPS) is 14.9. The number of fused-ring (bicyclic) bond motifs is 2. The standard InChI is InChI=1S/C29H23N3O4S2/c1-15-4-6-18(7-5-15)14-37-29-31-30-28(38-29)32-24(19-8-10-20(33)11-9-19)23-25(34)21-12-16(2)17(3)13-22(21)36-26(23)27(32)35/h4-13,24,33H,14H2,1-3H3. The second-order valence-electron chi connectivity index (χ2n) is 9.40. The summed E-state index contributed by atoms with van der Waals surface area (Å²) in [4.78, 5) is 29.1. The summed E-state index contributed by atoms with van der Waals surface area (Å²) in [6.45, 7) is 5.92. The molecule has 0 aliphatic carbocycles. The number of rotatable bonds is 5. The van der Waals surface area contributed by atoms with E-state index >= 15 is 0 Å². The van der Waals surface area contributed by atoms with Crippen LogP contribution in [0.4, 0.5) is 5.13 Å². The Labute approximate surface area is 226 Å². The van der Waals surface area contributed by atoms with Crippen LogP contribution in [0, 0.1) is 20.8 Å². The van der Waals surface area contributed by atoms with E-state index < -0.39 is 11.9 Å². The molecule has 38 heavy (non-hydrogen) atoms. The molecule has 190 valence electrons. The van der Waals surface area contributed by atoms with Crippen LogP contribution < -0.4 is 10.3 Å². The van der Waals surface area contributed by atoms with Crippen molar-refractivity contribution in [3.63, 3.8) is 0 Å². The number of benzene rings is 3. The number of aryl methyl sites for hydroxylation is 3. The van der Waals surface area contributed by atoms with Crippen LogP contribution in [0.3, 0.4) is 0 Å². The summed E-state index contributed by atoms with van der Waals surface area (Å²) in [5.74, 6) is 0.371. The van der Waals surface area contributed by atoms with Crippen LogP contribution in [0.1, 0.15) is 50.0 Å². The first-order valence-electron chi connectivity index (χ1n) is 12.0. The average molecular weight is 542 g/mol. The highest BCUT2D eigenvalue weighted by Gasteiger charge is 2.45. The number of carbonyl (C=O) groups is 1. The third-order valence-corrected chi connectivity index (χ3v) is 8.91. The Bertz CT molecular complexity index is 1760. The average Bonchev–Trinajstić information content (AvgIpc) is 3.48. The van der Waals surface area contributed by atoms with Crippen molar-refractivity contribution < 1.29 is 14.3 Å². The summed E-state index contributed by atoms with van der Waals surface area (Å²) in [6.07, 6.45) is 0. The van der Waals surface area contributed by atoms with Crippen LogP contribution in [0.25, 0.3) is 11.0 Å². The van der Waals surface area contributed by atoms with Gasteiger partial charge >= 0.3 is 0 Å². The number of amides is 1. The fraction of sp³-hybridized carbons (Fsp3) is 0.172. The summed E-state index contributed by atoms with van der Waals surface area (Å²) < 4.78 is 6.81. The number of anilines is 1. The molecule has 1 aliphatic rings. The van der Waals surface area contributed by atoms with Gasteiger partial charge in [0.05, 0.1) is 17.0 Å². The van der Waals surface area contributed by atoms with Gasteiger partial charge in [-0.05, 0) is 67.3 Å². The van der Waals surface area contributed by atoms with Gasteiger partial charge in [-0.2, -0.15) is 0 Å². The molecule has 1 atom stereocenters. The second kappa shape index (κ2) is 9.41. The van der Waals surface area contributed by atoms with Crippen molar-refractivity contribution >= 4 is 45.1 Å². The van der Waals surface area contributed by atoms with Gasteiger partial charge in [-0.1, -0.05) is 65.1 Å². The predicted molar refractivity (Wildman–Crippen MR) is 149 cm³/mol. The van der Waals surface area contributed by atoms with Crippen molar-refractivity contribution in [3.05, 3.63) is 110 Å². The third kappa shape index (κ3) is 4.17. The first kappa shape index (κ1) is 24.4. The van der Waals surface area contributed by atoms with Crippen molar-refractivity contribution in [2.75, 3.05) is 4.90 Å². The van der Waals surface area contributed by atoms with E-state index in [0.29, 0.717) is 31.8 Å². The molecule has 0 radical (unpaired) electrons. The zero-order valence-electron chi connectivity index (χ0n) is 20.9. The van der Waals surface area contributed by atoms with Crippen LogP contribution >= 0.6 is 23.1 Å². The summed E-state index contributed by atoms with van der Waals surface area (Å²) in [5.41, 5.74) is 5.35. The molecule has 9 heteroatoms. The Balaban J connectivity index is 1.44. The number of phenolic OH excluding ortho intramolecular Hbond substituents is 1. The smallest absolute Gasteiger partial charge is 0.297 e. The lowest BCUT2D eigenvalue weighted by Gasteiger charge is -2.22. The molecule has 3 aromatic carbocycles. The van der Waals surface area contributed by atoms with E-state index in [-0.39, 0.29) is 22.5 Å². The van der Waals surface area contributed by atoms with Crippen molar-refractivity contribution in [1.82, 2.24) is 10.2 Å². The van der Waals surface area contributed by atoms with Crippen LogP contribution in [-0.2, 0) is 5.75 Å². The first-order valence-corrected chi connectivity index (χ1v) is 13.8. The summed E-state index contributed by atoms with van der Waals surface area (Å²) in [7, 11) is 0. The fourth-order valence-electron chi connectivity index (χ4n) is 4.58. The van der Waals surface area contributed by atoms with E-state index in [1.54, 1.807) is 30.0 Å². The highest BCUT2D eigenvalue weighted by atomic mass is 32.2. The van der Waals surface area contributed by atoms with E-state index in [1.807, 2.05) is 19.9 Å². The van der Waals surface area contributed by atoms with Crippen molar-refractivity contribution in [2.24, 2.45) is 0 Å². The highest BCUT2D eigenvalue weighted by Crippen LogP contribution is 2.43. The molecule has 0 saturated heterocycles. The molecule has 1 amide bonds. The SMILES string of the molecule is Cc1ccc(CSc2nnc(N3C(=O)c4oc5cc(C)c(C)cc5c(=O)c4C3c3ccc(O)cc3)s2)cc1. The Morgan fingerprint density at radius 3 is 2.42 bits per heavy atom. The van der Waals surface area contributed by atoms with Crippen LogP contribution in [0.15, 0.2) is 74.2 Å². The molecule has 0 fully saturated rings. The molecule has 6 rings (SSSR count). The minimum absolute atomic E-state index is 0.00730. The van der Waals surface area contributed by atoms with Gasteiger partial charge in [-0.25, -0.2) is 0 Å². The van der Waals surface area contributed by atoms with E-state index in [9.17, 15) is 14.7 Å². The molecule has 1 unspecified atom stereocenters. The minimum Gasteiger partial charge on any atom is -0.508 e. The quantitative estimate of drug-likeness (QED) is 0.205. The molecular weight excluding hydrogens is 518 g/mol. The van der Waals surface area contributed by atoms with Crippen LogP contribution in [0.5, 0.6) is 5.75 Å². The summed E-state index contributed by atoms with van der Waals surface area (Å²) in [6, 6.07) is 17.6. The number of hydrogen-bond donors (Lipinski definition) is 1. The number of hydrogen-bond acceptors (Lipinski definition) is 8. The van der Waals surface area contributed by atoms with E-state index in [4.69, 9.17) is 4.42 Å². The van der Waals surface area contributed by atoms with E-state index in [2.05, 4.69) is 41.4 Å². The van der Waals surface area contributed by atoms with E-state index in [1.165, 1.54) is 33.9 Å². The number of carbonyl (C=O) groups excluding carboxylic acids is 1. The molecule has 0 spiro atoms. The number of nitrogens with zero attached hydrogens (tertiary/aromatic N) is 3. The zero-order chi connectivity index (χ0) is 26.6. The molecular formula is C29H23N3O4S2. The zero-order valence-corrected chi connectivity index (χ0v) is 22.5. The van der Waals surface area contributed by atoms with Gasteiger partial charge in [0, 0.05) is 5.75 Å². The third-order valence-electron chi connectivity index (χ3n) is 6.78. The molecule has 0 bridgehead atoms. The number of thioether (sulfide) groups is 1. The second-order valence-corrected chi connectivity index (χ2v) is 11.6. The monoisotopic (exact) mass is 541 g/mol. The van der Waals surface area contributed by atoms with Crippen LogP contribution in [-0.4, -0.2) is 21.2 Å². The predicted octanol–water partition coefficient (Wildman–Crippen LogP) is 6.32. The molecule has 1 aliphatic heterocycles. The molecule has 7 nitrogen and oxygen atoms in total. The van der Waals surface area contributed by atoms with Gasteiger partial charge in [0.1, 0.15) is 11.3 Å². The minimum atomic E-state index is -0.761. The summed E-state index contributed by atoms with van der Waals surface area (Å²) in [5, 5.41) is 19.3. The maximum atomic E-state index is 13.8. The lowest BCUT2D eigenvalue weighted by molar-refractivity contribution is 0.0970. The first-order chi connectivity index (χ1) is 18.3. The molecule has 1 N–H and O–H groups in total. The van der Waals surface area contributed by atoms with Gasteiger partial charge in [0.25, 0.3) is 5.91 Å². The summed E-state index contributed by atoms with van der Waals surface area (Å²) >= 11 is 2.84. The molecule has 5 aromatic rings. The molecule has 0 saturated carbocycles. The van der Waals surface area contributed by atoms with Gasteiger partial charge in [-0.15, -0.1) is 10.2 Å². The maximum absolute atomic E-state index is 13.8. The maximum Gasteiger partial charge on any atom is 0.297 e.